The maximum atomic E-state index is 11.2. The van der Waals surface area contributed by atoms with E-state index in [0.29, 0.717) is 0 Å². The Labute approximate surface area is 138 Å². The van der Waals surface area contributed by atoms with Crippen LogP contribution in [0.1, 0.15) is 19.3 Å². The first-order valence-electron chi connectivity index (χ1n) is 8.13. The van der Waals surface area contributed by atoms with Gasteiger partial charge in [-0.3, -0.25) is 4.79 Å². The van der Waals surface area contributed by atoms with Gasteiger partial charge in [0.2, 0.25) is 5.79 Å². The number of carboxylic acid groups (broad SMARTS) is 1. The monoisotopic (exact) mass is 348 g/mol. The summed E-state index contributed by atoms with van der Waals surface area (Å²) in [5.74, 6) is -5.08. The van der Waals surface area contributed by atoms with Crippen molar-refractivity contribution in [1.82, 2.24) is 0 Å². The zero-order valence-corrected chi connectivity index (χ0v) is 13.1. The van der Waals surface area contributed by atoms with Crippen molar-refractivity contribution in [2.45, 2.75) is 49.0 Å². The minimum atomic E-state index is -1.97. The van der Waals surface area contributed by atoms with Gasteiger partial charge >= 0.3 is 5.97 Å². The molecule has 24 heavy (non-hydrogen) atoms. The molecule has 0 aromatic rings. The minimum absolute atomic E-state index is 0.0555. The summed E-state index contributed by atoms with van der Waals surface area (Å²) in [7, 11) is 0. The summed E-state index contributed by atoms with van der Waals surface area (Å²) in [5.41, 5.74) is -1.97. The third-order valence-electron chi connectivity index (χ3n) is 5.79. The van der Waals surface area contributed by atoms with Crippen LogP contribution < -0.4 is 0 Å². The van der Waals surface area contributed by atoms with Gasteiger partial charge in [0.1, 0.15) is 5.60 Å². The number of aliphatic hydroxyl groups excluding tert-OH is 4. The second kappa shape index (κ2) is 6.17. The van der Waals surface area contributed by atoms with E-state index in [0.717, 1.165) is 0 Å². The molecule has 0 aromatic heterocycles. The molecule has 0 radical (unpaired) electrons. The van der Waals surface area contributed by atoms with Crippen molar-refractivity contribution in [3.05, 3.63) is 0 Å². The summed E-state index contributed by atoms with van der Waals surface area (Å²) >= 11 is 0. The van der Waals surface area contributed by atoms with Crippen LogP contribution >= 0.6 is 0 Å². The molecule has 0 aromatic carbocycles. The molecule has 3 aliphatic rings. The number of aliphatic carboxylic acids is 1. The van der Waals surface area contributed by atoms with Crippen LogP contribution in [0.5, 0.6) is 0 Å². The highest BCUT2D eigenvalue weighted by atomic mass is 16.7. The normalized spacial score (nSPS) is 51.5. The Bertz CT molecular complexity index is 499. The van der Waals surface area contributed by atoms with Crippen molar-refractivity contribution in [3.8, 4) is 0 Å². The Morgan fingerprint density at radius 2 is 1.88 bits per heavy atom. The van der Waals surface area contributed by atoms with Crippen molar-refractivity contribution in [1.29, 1.82) is 0 Å². The van der Waals surface area contributed by atoms with E-state index in [1.807, 2.05) is 0 Å². The Kier molecular flexibility index (Phi) is 4.63. The second-order valence-electron chi connectivity index (χ2n) is 7.12. The van der Waals surface area contributed by atoms with Crippen LogP contribution in [0.25, 0.3) is 0 Å². The van der Waals surface area contributed by atoms with Crippen LogP contribution in [-0.4, -0.2) is 86.1 Å². The van der Waals surface area contributed by atoms with Gasteiger partial charge in [-0.2, -0.15) is 0 Å². The van der Waals surface area contributed by atoms with E-state index in [9.17, 15) is 35.4 Å². The molecule has 3 fully saturated rings. The molecule has 8 atom stereocenters. The highest BCUT2D eigenvalue weighted by molar-refractivity contribution is 5.70. The van der Waals surface area contributed by atoms with E-state index in [2.05, 4.69) is 0 Å². The molecule has 9 nitrogen and oxygen atoms in total. The number of hydrogen-bond acceptors (Lipinski definition) is 8. The Balaban J connectivity index is 1.91. The minimum Gasteiger partial charge on any atom is -0.481 e. The molecule has 1 aliphatic carbocycles. The molecule has 6 N–H and O–H groups in total. The standard InChI is InChI=1S/C15H24O9/c16-4-8-5-23-15(3-10(8)19)14(22,6-17)12-9(18)1-7(13(20)21)2-11(12)24-15/h7-12,16-19,22H,1-6H2,(H,20,21)/t7-,8+,9-,10+,11+,12-,14-,15-/m0/s1. The van der Waals surface area contributed by atoms with Crippen LogP contribution in [0, 0.1) is 17.8 Å². The lowest BCUT2D eigenvalue weighted by molar-refractivity contribution is -0.335. The maximum Gasteiger partial charge on any atom is 0.306 e. The fourth-order valence-electron chi connectivity index (χ4n) is 4.40. The van der Waals surface area contributed by atoms with Crippen LogP contribution in [0.2, 0.25) is 0 Å². The van der Waals surface area contributed by atoms with Crippen LogP contribution in [-0.2, 0) is 14.3 Å². The van der Waals surface area contributed by atoms with Gasteiger partial charge in [-0.1, -0.05) is 0 Å². The first-order valence-corrected chi connectivity index (χ1v) is 8.13. The van der Waals surface area contributed by atoms with Crippen molar-refractivity contribution in [3.63, 3.8) is 0 Å². The Morgan fingerprint density at radius 3 is 2.42 bits per heavy atom. The predicted octanol–water partition coefficient (Wildman–Crippen LogP) is -2.33. The molecule has 0 bridgehead atoms. The maximum absolute atomic E-state index is 11.2. The van der Waals surface area contributed by atoms with Gasteiger partial charge in [-0.25, -0.2) is 0 Å². The number of carbonyl (C=O) groups is 1. The number of rotatable bonds is 3. The van der Waals surface area contributed by atoms with E-state index >= 15 is 0 Å². The van der Waals surface area contributed by atoms with Crippen LogP contribution in [0.15, 0.2) is 0 Å². The molecule has 2 heterocycles. The van der Waals surface area contributed by atoms with Gasteiger partial charge < -0.3 is 40.1 Å². The number of fused-ring (bicyclic) bond motifs is 1. The lowest BCUT2D eigenvalue weighted by atomic mass is 9.68. The molecule has 2 saturated heterocycles. The average Bonchev–Trinajstić information content (AvgIpc) is 2.77. The Morgan fingerprint density at radius 1 is 1.17 bits per heavy atom. The van der Waals surface area contributed by atoms with Crippen molar-refractivity contribution in [2.75, 3.05) is 19.8 Å². The molecule has 0 amide bonds. The molecule has 3 rings (SSSR count). The van der Waals surface area contributed by atoms with E-state index in [-0.39, 0.29) is 32.5 Å². The van der Waals surface area contributed by atoms with E-state index in [1.54, 1.807) is 0 Å². The number of hydrogen-bond donors (Lipinski definition) is 6. The highest BCUT2D eigenvalue weighted by Crippen LogP contribution is 2.54. The summed E-state index contributed by atoms with van der Waals surface area (Å²) in [6, 6.07) is 0. The summed E-state index contributed by atoms with van der Waals surface area (Å²) < 4.78 is 11.4. The van der Waals surface area contributed by atoms with Gasteiger partial charge in [0.25, 0.3) is 0 Å². The quantitative estimate of drug-likeness (QED) is 0.329. The van der Waals surface area contributed by atoms with Gasteiger partial charge in [-0.15, -0.1) is 0 Å². The zero-order chi connectivity index (χ0) is 17.7. The largest absolute Gasteiger partial charge is 0.481 e. The third kappa shape index (κ3) is 2.47. The molecular formula is C15H24O9. The highest BCUT2D eigenvalue weighted by Gasteiger charge is 2.70. The summed E-state index contributed by atoms with van der Waals surface area (Å²) in [6.45, 7) is -1.15. The van der Waals surface area contributed by atoms with Gasteiger partial charge in [0, 0.05) is 18.3 Å². The average molecular weight is 348 g/mol. The third-order valence-corrected chi connectivity index (χ3v) is 5.79. The van der Waals surface area contributed by atoms with Crippen molar-refractivity contribution < 1.29 is 44.9 Å². The van der Waals surface area contributed by atoms with Crippen molar-refractivity contribution in [2.24, 2.45) is 17.8 Å². The summed E-state index contributed by atoms with van der Waals surface area (Å²) in [4.78, 5) is 11.2. The van der Waals surface area contributed by atoms with Crippen LogP contribution in [0.3, 0.4) is 0 Å². The summed E-state index contributed by atoms with van der Waals surface area (Å²) in [5, 5.41) is 59.9. The van der Waals surface area contributed by atoms with Gasteiger partial charge in [-0.05, 0) is 12.8 Å². The fourth-order valence-corrected chi connectivity index (χ4v) is 4.40. The van der Waals surface area contributed by atoms with E-state index in [1.165, 1.54) is 0 Å². The fraction of sp³-hybridized carbons (Fsp3) is 0.933. The lowest BCUT2D eigenvalue weighted by Crippen LogP contribution is -2.64. The molecular weight excluding hydrogens is 324 g/mol. The molecule has 1 saturated carbocycles. The zero-order valence-electron chi connectivity index (χ0n) is 13.1. The number of ether oxygens (including phenoxy) is 2. The molecule has 0 unspecified atom stereocenters. The molecule has 9 heteroatoms. The van der Waals surface area contributed by atoms with E-state index in [4.69, 9.17) is 9.47 Å². The van der Waals surface area contributed by atoms with Gasteiger partial charge in [0.05, 0.1) is 44.1 Å². The molecule has 2 aliphatic heterocycles. The first-order chi connectivity index (χ1) is 11.3. The second-order valence-corrected chi connectivity index (χ2v) is 7.12. The first kappa shape index (κ1) is 18.0. The number of aliphatic hydroxyl groups is 5. The van der Waals surface area contributed by atoms with Gasteiger partial charge in [0.15, 0.2) is 0 Å². The Hall–Kier alpha value is -0.810. The molecule has 138 valence electrons. The topological polar surface area (TPSA) is 157 Å². The van der Waals surface area contributed by atoms with Crippen molar-refractivity contribution >= 4 is 5.97 Å². The smallest absolute Gasteiger partial charge is 0.306 e. The number of carboxylic acids is 1. The summed E-state index contributed by atoms with van der Waals surface area (Å²) in [6.07, 6.45) is -3.19. The van der Waals surface area contributed by atoms with E-state index < -0.39 is 60.0 Å². The predicted molar refractivity (Wildman–Crippen MR) is 76.6 cm³/mol. The van der Waals surface area contributed by atoms with Crippen LogP contribution in [0.4, 0.5) is 0 Å². The SMILES string of the molecule is O=C(O)[C@H]1C[C@H](O)[C@H]2[C@@H](C1)O[C@@]1(C[C@@H](O)[C@H](CO)CO1)[C@]2(O)CO. The lowest BCUT2D eigenvalue weighted by Gasteiger charge is -2.47. The molecule has 1 spiro atoms.